The molecule has 0 saturated heterocycles. The molecule has 0 saturated carbocycles. The summed E-state index contributed by atoms with van der Waals surface area (Å²) in [5.74, 6) is -2.46. The van der Waals surface area contributed by atoms with E-state index in [0.717, 1.165) is 12.1 Å². The number of allylic oxidation sites excluding steroid dienone is 2. The smallest absolute Gasteiger partial charge is 0.232 e. The Morgan fingerprint density at radius 2 is 1.74 bits per heavy atom. The van der Waals surface area contributed by atoms with Gasteiger partial charge < -0.3 is 25.2 Å². The van der Waals surface area contributed by atoms with Gasteiger partial charge in [0.25, 0.3) is 0 Å². The number of hydrogen-bond acceptors (Lipinski definition) is 7. The lowest BCUT2D eigenvalue weighted by molar-refractivity contribution is -0.0332. The molecular weight excluding hydrogens is 352 g/mol. The van der Waals surface area contributed by atoms with E-state index in [1.165, 1.54) is 0 Å². The number of hydrogen-bond donors (Lipinski definition) is 4. The Labute approximate surface area is 153 Å². The minimum absolute atomic E-state index is 0.0197. The van der Waals surface area contributed by atoms with Gasteiger partial charge in [-0.2, -0.15) is 0 Å². The number of ether oxygens (including phenoxy) is 1. The number of fused-ring (bicyclic) bond motifs is 3. The maximum Gasteiger partial charge on any atom is 0.232 e. The molecule has 2 aromatic rings. The lowest BCUT2D eigenvalue weighted by Crippen LogP contribution is -2.39. The van der Waals surface area contributed by atoms with Crippen molar-refractivity contribution >= 4 is 17.1 Å². The topological polar surface area (TPSA) is 124 Å². The van der Waals surface area contributed by atoms with Gasteiger partial charge in [-0.25, -0.2) is 0 Å². The Morgan fingerprint density at radius 3 is 2.41 bits per heavy atom. The maximum absolute atomic E-state index is 13.1. The number of carbonyl (C=O) groups excluding carboxylic acids is 2. The molecule has 2 aliphatic rings. The molecule has 27 heavy (non-hydrogen) atoms. The highest BCUT2D eigenvalue weighted by atomic mass is 16.5. The summed E-state index contributed by atoms with van der Waals surface area (Å²) in [5, 5.41) is 39.2. The predicted molar refractivity (Wildman–Crippen MR) is 93.2 cm³/mol. The lowest BCUT2D eigenvalue weighted by atomic mass is 9.77. The monoisotopic (exact) mass is 368 g/mol. The molecule has 0 bridgehead atoms. The van der Waals surface area contributed by atoms with Crippen LogP contribution in [0.1, 0.15) is 44.3 Å². The number of rotatable bonds is 2. The van der Waals surface area contributed by atoms with Crippen molar-refractivity contribution < 1.29 is 34.8 Å². The fourth-order valence-corrected chi connectivity index (χ4v) is 3.59. The standard InChI is InChI=1S/C20H16O7/c1-20(8-22)13-3-2-9(7-21)4-11(13)16-17(25)12-5-10(23)6-14(24)15(12)18(26)19(16)27-20/h2-6,21-24H,7-8H2,1H3/t20-/m1/s1. The first-order valence-corrected chi connectivity index (χ1v) is 8.25. The molecule has 1 aliphatic carbocycles. The van der Waals surface area contributed by atoms with Gasteiger partial charge in [-0.1, -0.05) is 12.1 Å². The van der Waals surface area contributed by atoms with Gasteiger partial charge in [-0.3, -0.25) is 9.59 Å². The average Bonchev–Trinajstić information content (AvgIpc) is 2.65. The van der Waals surface area contributed by atoms with Gasteiger partial charge in [-0.15, -0.1) is 0 Å². The summed E-state index contributed by atoms with van der Waals surface area (Å²) in [5.41, 5.74) is -0.295. The van der Waals surface area contributed by atoms with Crippen molar-refractivity contribution in [1.29, 1.82) is 0 Å². The van der Waals surface area contributed by atoms with Crippen LogP contribution < -0.4 is 0 Å². The van der Waals surface area contributed by atoms with Gasteiger partial charge in [0.1, 0.15) is 11.5 Å². The summed E-state index contributed by atoms with van der Waals surface area (Å²) >= 11 is 0. The first-order valence-electron chi connectivity index (χ1n) is 8.25. The van der Waals surface area contributed by atoms with Crippen LogP contribution in [0.4, 0.5) is 0 Å². The molecule has 1 aliphatic heterocycles. The van der Waals surface area contributed by atoms with Gasteiger partial charge in [0.2, 0.25) is 5.78 Å². The summed E-state index contributed by atoms with van der Waals surface area (Å²) in [6.07, 6.45) is 0. The van der Waals surface area contributed by atoms with E-state index in [0.29, 0.717) is 16.7 Å². The number of Topliss-reactive ketones (excluding diaryl/α,β-unsaturated/α-hetero) is 2. The highest BCUT2D eigenvalue weighted by Crippen LogP contribution is 2.47. The van der Waals surface area contributed by atoms with Crippen molar-refractivity contribution in [3.05, 3.63) is 63.9 Å². The van der Waals surface area contributed by atoms with E-state index in [1.54, 1.807) is 25.1 Å². The normalized spacial score (nSPS) is 20.7. The first-order chi connectivity index (χ1) is 12.8. The van der Waals surface area contributed by atoms with Crippen molar-refractivity contribution in [3.8, 4) is 11.5 Å². The van der Waals surface area contributed by atoms with E-state index in [4.69, 9.17) is 4.74 Å². The number of phenols is 2. The second kappa shape index (κ2) is 5.67. The van der Waals surface area contributed by atoms with Crippen LogP contribution in [0.15, 0.2) is 36.1 Å². The van der Waals surface area contributed by atoms with Crippen LogP contribution in [0.2, 0.25) is 0 Å². The van der Waals surface area contributed by atoms with Crippen LogP contribution in [0, 0.1) is 0 Å². The minimum atomic E-state index is -1.28. The Balaban J connectivity index is 2.05. The van der Waals surface area contributed by atoms with Gasteiger partial charge in [0.15, 0.2) is 17.1 Å². The van der Waals surface area contributed by atoms with Crippen LogP contribution in [-0.4, -0.2) is 38.6 Å². The number of aliphatic hydroxyl groups excluding tert-OH is 2. The maximum atomic E-state index is 13.1. The number of carbonyl (C=O) groups is 2. The molecule has 4 rings (SSSR count). The summed E-state index contributed by atoms with van der Waals surface area (Å²) in [7, 11) is 0. The van der Waals surface area contributed by atoms with E-state index >= 15 is 0 Å². The third-order valence-electron chi connectivity index (χ3n) is 4.97. The molecule has 0 spiro atoms. The molecule has 138 valence electrons. The zero-order chi connectivity index (χ0) is 19.5. The van der Waals surface area contributed by atoms with E-state index in [-0.39, 0.29) is 34.8 Å². The minimum Gasteiger partial charge on any atom is -0.508 e. The lowest BCUT2D eigenvalue weighted by Gasteiger charge is -2.38. The van der Waals surface area contributed by atoms with Crippen molar-refractivity contribution in [2.75, 3.05) is 6.61 Å². The molecule has 0 amide bonds. The molecule has 0 fully saturated rings. The highest BCUT2D eigenvalue weighted by molar-refractivity contribution is 6.41. The number of aliphatic hydroxyl groups is 2. The zero-order valence-corrected chi connectivity index (χ0v) is 14.3. The Hall–Kier alpha value is -3.16. The molecule has 0 radical (unpaired) electrons. The number of phenolic OH excluding ortho intramolecular Hbond substituents is 2. The zero-order valence-electron chi connectivity index (χ0n) is 14.3. The Morgan fingerprint density at radius 1 is 1.00 bits per heavy atom. The SMILES string of the molecule is C[C@]1(CO)OC2=C(C(=O)c3cc(O)cc(O)c3C2=O)c2cc(CO)ccc21. The van der Waals surface area contributed by atoms with Crippen LogP contribution in [-0.2, 0) is 16.9 Å². The predicted octanol–water partition coefficient (Wildman–Crippen LogP) is 1.62. The average molecular weight is 368 g/mol. The van der Waals surface area contributed by atoms with Crippen molar-refractivity contribution in [1.82, 2.24) is 0 Å². The molecule has 1 heterocycles. The summed E-state index contributed by atoms with van der Waals surface area (Å²) in [6, 6.07) is 6.94. The third-order valence-corrected chi connectivity index (χ3v) is 4.97. The molecule has 7 nitrogen and oxygen atoms in total. The van der Waals surface area contributed by atoms with Crippen LogP contribution in [0.5, 0.6) is 11.5 Å². The molecule has 0 aromatic heterocycles. The van der Waals surface area contributed by atoms with Crippen LogP contribution >= 0.6 is 0 Å². The molecule has 4 N–H and O–H groups in total. The van der Waals surface area contributed by atoms with Gasteiger partial charge in [0, 0.05) is 17.2 Å². The molecule has 0 unspecified atom stereocenters. The van der Waals surface area contributed by atoms with E-state index in [9.17, 15) is 30.0 Å². The Bertz CT molecular complexity index is 1050. The quantitative estimate of drug-likeness (QED) is 0.635. The van der Waals surface area contributed by atoms with Crippen LogP contribution in [0.25, 0.3) is 5.57 Å². The van der Waals surface area contributed by atoms with Crippen molar-refractivity contribution in [2.45, 2.75) is 19.1 Å². The van der Waals surface area contributed by atoms with Gasteiger partial charge in [0.05, 0.1) is 24.4 Å². The van der Waals surface area contributed by atoms with Crippen molar-refractivity contribution in [3.63, 3.8) is 0 Å². The molecule has 2 aromatic carbocycles. The summed E-state index contributed by atoms with van der Waals surface area (Å²) in [6.45, 7) is 0.857. The second-order valence-electron chi connectivity index (χ2n) is 6.78. The summed E-state index contributed by atoms with van der Waals surface area (Å²) in [4.78, 5) is 26.1. The van der Waals surface area contributed by atoms with E-state index in [1.807, 2.05) is 0 Å². The fraction of sp³-hybridized carbons (Fsp3) is 0.200. The highest BCUT2D eigenvalue weighted by Gasteiger charge is 2.46. The Kier molecular flexibility index (Phi) is 3.62. The second-order valence-corrected chi connectivity index (χ2v) is 6.78. The van der Waals surface area contributed by atoms with E-state index < -0.39 is 29.5 Å². The van der Waals surface area contributed by atoms with Crippen LogP contribution in [0.3, 0.4) is 0 Å². The molecule has 1 atom stereocenters. The van der Waals surface area contributed by atoms with Gasteiger partial charge >= 0.3 is 0 Å². The summed E-state index contributed by atoms with van der Waals surface area (Å²) < 4.78 is 5.77. The fourth-order valence-electron chi connectivity index (χ4n) is 3.59. The number of ketones is 2. The largest absolute Gasteiger partial charge is 0.508 e. The number of aromatic hydroxyl groups is 2. The van der Waals surface area contributed by atoms with Gasteiger partial charge in [-0.05, 0) is 30.2 Å². The molecule has 7 heteroatoms. The number of benzene rings is 2. The van der Waals surface area contributed by atoms with E-state index in [2.05, 4.69) is 0 Å². The molecular formula is C20H16O7. The third kappa shape index (κ3) is 2.29. The van der Waals surface area contributed by atoms with Crippen molar-refractivity contribution in [2.24, 2.45) is 0 Å². The first kappa shape index (κ1) is 17.3.